The van der Waals surface area contributed by atoms with Gasteiger partial charge in [0.1, 0.15) is 0 Å². The van der Waals surface area contributed by atoms with Crippen LogP contribution in [-0.2, 0) is 14.0 Å². The number of allylic oxidation sites excluding steroid dienone is 4. The molecule has 4 heteroatoms. The fourth-order valence-corrected chi connectivity index (χ4v) is 2.72. The van der Waals surface area contributed by atoms with Crippen LogP contribution in [0.2, 0.25) is 19.6 Å². The Morgan fingerprint density at radius 1 is 1.29 bits per heavy atom. The third-order valence-corrected chi connectivity index (χ3v) is 4.38. The minimum atomic E-state index is -1.57. The summed E-state index contributed by atoms with van der Waals surface area (Å²) in [7, 11) is -1.57. The molecule has 0 aromatic rings. The molecule has 0 aromatic heterocycles. The van der Waals surface area contributed by atoms with Crippen LogP contribution >= 0.6 is 0 Å². The van der Waals surface area contributed by atoms with Crippen molar-refractivity contribution in [1.82, 2.24) is 0 Å². The Labute approximate surface area is 129 Å². The first-order valence-electron chi connectivity index (χ1n) is 7.91. The summed E-state index contributed by atoms with van der Waals surface area (Å²) in [5.41, 5.74) is 0.963. The lowest BCUT2D eigenvalue weighted by atomic mass is 10.1. The number of hydrogen-bond donors (Lipinski definition) is 0. The molecule has 0 N–H and O–H groups in total. The number of carbonyl (C=O) groups excluding carboxylic acids is 2. The molecule has 21 heavy (non-hydrogen) atoms. The first-order valence-corrected chi connectivity index (χ1v) is 11.3. The fraction of sp³-hybridized carbons (Fsp3) is 0.647. The molecule has 1 aliphatic rings. The highest BCUT2D eigenvalue weighted by molar-refractivity contribution is 6.69. The molecule has 0 atom stereocenters. The van der Waals surface area contributed by atoms with Crippen LogP contribution < -0.4 is 0 Å². The van der Waals surface area contributed by atoms with Crippen LogP contribution in [0.15, 0.2) is 23.8 Å². The first-order chi connectivity index (χ1) is 9.88. The SMILES string of the molecule is C[Si](C)(C)OCC(=O)CCCCC=CCC1=CCCC1=O. The smallest absolute Gasteiger partial charge is 0.184 e. The summed E-state index contributed by atoms with van der Waals surface area (Å²) in [6.07, 6.45) is 12.1. The molecule has 118 valence electrons. The molecular formula is C17H28O3Si. The van der Waals surface area contributed by atoms with Gasteiger partial charge in [0.25, 0.3) is 0 Å². The lowest BCUT2D eigenvalue weighted by Crippen LogP contribution is -2.28. The van der Waals surface area contributed by atoms with E-state index >= 15 is 0 Å². The molecule has 3 nitrogen and oxygen atoms in total. The predicted molar refractivity (Wildman–Crippen MR) is 88.9 cm³/mol. The largest absolute Gasteiger partial charge is 0.410 e. The zero-order valence-electron chi connectivity index (χ0n) is 13.6. The monoisotopic (exact) mass is 308 g/mol. The third kappa shape index (κ3) is 8.78. The molecule has 0 saturated heterocycles. The Kier molecular flexibility index (Phi) is 7.82. The first kappa shape index (κ1) is 18.0. The van der Waals surface area contributed by atoms with E-state index in [1.807, 2.05) is 6.08 Å². The second kappa shape index (κ2) is 9.10. The summed E-state index contributed by atoms with van der Waals surface area (Å²) in [6, 6.07) is 0. The van der Waals surface area contributed by atoms with E-state index in [1.165, 1.54) is 0 Å². The topological polar surface area (TPSA) is 43.4 Å². The lowest BCUT2D eigenvalue weighted by Gasteiger charge is -2.16. The third-order valence-electron chi connectivity index (χ3n) is 3.37. The van der Waals surface area contributed by atoms with Crippen molar-refractivity contribution in [2.75, 3.05) is 6.61 Å². The number of hydrogen-bond acceptors (Lipinski definition) is 3. The summed E-state index contributed by atoms with van der Waals surface area (Å²) in [6.45, 7) is 6.56. The Balaban J connectivity index is 2.01. The Bertz CT molecular complexity index is 416. The van der Waals surface area contributed by atoms with Crippen LogP contribution in [0.3, 0.4) is 0 Å². The van der Waals surface area contributed by atoms with Gasteiger partial charge in [0.15, 0.2) is 19.9 Å². The summed E-state index contributed by atoms with van der Waals surface area (Å²) in [5, 5.41) is 0. The van der Waals surface area contributed by atoms with E-state index in [2.05, 4.69) is 31.8 Å². The summed E-state index contributed by atoms with van der Waals surface area (Å²) >= 11 is 0. The van der Waals surface area contributed by atoms with Crippen molar-refractivity contribution in [3.63, 3.8) is 0 Å². The van der Waals surface area contributed by atoms with Crippen molar-refractivity contribution in [2.24, 2.45) is 0 Å². The number of rotatable bonds is 10. The molecule has 0 unspecified atom stereocenters. The van der Waals surface area contributed by atoms with E-state index in [1.54, 1.807) is 0 Å². The zero-order valence-corrected chi connectivity index (χ0v) is 14.6. The highest BCUT2D eigenvalue weighted by atomic mass is 28.4. The van der Waals surface area contributed by atoms with E-state index in [9.17, 15) is 9.59 Å². The van der Waals surface area contributed by atoms with E-state index in [-0.39, 0.29) is 12.4 Å². The van der Waals surface area contributed by atoms with E-state index < -0.39 is 8.32 Å². The average Bonchev–Trinajstić information content (AvgIpc) is 2.80. The van der Waals surface area contributed by atoms with Crippen LogP contribution in [0.5, 0.6) is 0 Å². The van der Waals surface area contributed by atoms with E-state index in [0.29, 0.717) is 18.6 Å². The molecule has 1 rings (SSSR count). The highest BCUT2D eigenvalue weighted by Gasteiger charge is 2.15. The van der Waals surface area contributed by atoms with E-state index in [4.69, 9.17) is 4.43 Å². The van der Waals surface area contributed by atoms with Gasteiger partial charge in [0.2, 0.25) is 0 Å². The summed E-state index contributed by atoms with van der Waals surface area (Å²) in [5.74, 6) is 0.510. The minimum absolute atomic E-state index is 0.211. The number of carbonyl (C=O) groups is 2. The molecule has 1 aliphatic carbocycles. The molecular weight excluding hydrogens is 280 g/mol. The maximum Gasteiger partial charge on any atom is 0.184 e. The van der Waals surface area contributed by atoms with Crippen LogP contribution in [-0.4, -0.2) is 26.5 Å². The van der Waals surface area contributed by atoms with Crippen LogP contribution in [0.25, 0.3) is 0 Å². The van der Waals surface area contributed by atoms with Gasteiger partial charge in [-0.05, 0) is 57.3 Å². The van der Waals surface area contributed by atoms with Gasteiger partial charge in [-0.2, -0.15) is 0 Å². The van der Waals surface area contributed by atoms with Gasteiger partial charge in [-0.25, -0.2) is 0 Å². The van der Waals surface area contributed by atoms with Crippen molar-refractivity contribution in [1.29, 1.82) is 0 Å². The molecule has 0 aromatic carbocycles. The Morgan fingerprint density at radius 3 is 2.67 bits per heavy atom. The van der Waals surface area contributed by atoms with E-state index in [0.717, 1.165) is 37.7 Å². The van der Waals surface area contributed by atoms with Gasteiger partial charge in [-0.15, -0.1) is 0 Å². The molecule has 0 aliphatic heterocycles. The van der Waals surface area contributed by atoms with Gasteiger partial charge in [0, 0.05) is 12.8 Å². The van der Waals surface area contributed by atoms with Gasteiger partial charge in [-0.3, -0.25) is 9.59 Å². The Morgan fingerprint density at radius 2 is 2.05 bits per heavy atom. The second-order valence-electron chi connectivity index (χ2n) is 6.55. The van der Waals surface area contributed by atoms with Gasteiger partial charge in [0.05, 0.1) is 6.61 Å². The van der Waals surface area contributed by atoms with Crippen LogP contribution in [0, 0.1) is 0 Å². The fourth-order valence-electron chi connectivity index (χ4n) is 2.13. The van der Waals surface area contributed by atoms with Crippen LogP contribution in [0.1, 0.15) is 44.9 Å². The highest BCUT2D eigenvalue weighted by Crippen LogP contribution is 2.17. The standard InChI is InChI=1S/C17H28O3Si/c1-21(2,3)20-14-16(18)12-8-6-4-5-7-10-15-11-9-13-17(15)19/h5,7,11H,4,6,8-10,12-14H2,1-3H3. The van der Waals surface area contributed by atoms with Crippen molar-refractivity contribution in [3.05, 3.63) is 23.8 Å². The van der Waals surface area contributed by atoms with Crippen molar-refractivity contribution >= 4 is 19.9 Å². The Hall–Kier alpha value is -1.00. The van der Waals surface area contributed by atoms with Gasteiger partial charge >= 0.3 is 0 Å². The molecule has 0 fully saturated rings. The van der Waals surface area contributed by atoms with Crippen LogP contribution in [0.4, 0.5) is 0 Å². The number of Topliss-reactive ketones (excluding diaryl/α,β-unsaturated/α-hetero) is 2. The molecule has 0 saturated carbocycles. The molecule has 0 heterocycles. The molecule has 0 bridgehead atoms. The minimum Gasteiger partial charge on any atom is -0.410 e. The quantitative estimate of drug-likeness (QED) is 0.345. The molecule has 0 spiro atoms. The average molecular weight is 308 g/mol. The number of ketones is 2. The number of unbranched alkanes of at least 4 members (excludes halogenated alkanes) is 2. The maximum atomic E-state index is 11.6. The molecule has 0 amide bonds. The maximum absolute atomic E-state index is 11.6. The van der Waals surface area contributed by atoms with Crippen molar-refractivity contribution in [3.8, 4) is 0 Å². The summed E-state index contributed by atoms with van der Waals surface area (Å²) in [4.78, 5) is 23.0. The van der Waals surface area contributed by atoms with Crippen molar-refractivity contribution in [2.45, 2.75) is 64.6 Å². The van der Waals surface area contributed by atoms with Crippen molar-refractivity contribution < 1.29 is 14.0 Å². The molecule has 0 radical (unpaired) electrons. The van der Waals surface area contributed by atoms with Gasteiger partial charge in [-0.1, -0.05) is 18.2 Å². The van der Waals surface area contributed by atoms with Gasteiger partial charge < -0.3 is 4.43 Å². The summed E-state index contributed by atoms with van der Waals surface area (Å²) < 4.78 is 5.59. The normalized spacial score (nSPS) is 15.8. The zero-order chi connectivity index (χ0) is 15.7. The second-order valence-corrected chi connectivity index (χ2v) is 11.1. The predicted octanol–water partition coefficient (Wildman–Crippen LogP) is 4.20. The lowest BCUT2D eigenvalue weighted by molar-refractivity contribution is -0.121.